The van der Waals surface area contributed by atoms with E-state index in [2.05, 4.69) is 15.9 Å². The molecule has 0 unspecified atom stereocenters. The monoisotopic (exact) mass is 313 g/mol. The zero-order valence-corrected chi connectivity index (χ0v) is 11.1. The lowest BCUT2D eigenvalue weighted by molar-refractivity contribution is -0.114. The molecule has 0 bridgehead atoms. The molecule has 0 saturated heterocycles. The molecule has 96 valence electrons. The van der Waals surface area contributed by atoms with Crippen molar-refractivity contribution >= 4 is 33.3 Å². The first kappa shape index (κ1) is 13.2. The van der Waals surface area contributed by atoms with Crippen molar-refractivity contribution in [2.75, 3.05) is 31.3 Å². The molecule has 0 aromatic heterocycles. The normalized spacial score (nSPS) is 14.2. The Morgan fingerprint density at radius 1 is 1.28 bits per heavy atom. The number of aliphatic hydroxyl groups excluding tert-OH is 1. The molecule has 1 aliphatic heterocycles. The van der Waals surface area contributed by atoms with Crippen LogP contribution in [-0.2, 0) is 9.53 Å². The number of aliphatic hydroxyl groups is 1. The molecule has 2 rings (SSSR count). The average molecular weight is 314 g/mol. The third kappa shape index (κ3) is 2.45. The van der Waals surface area contributed by atoms with Gasteiger partial charge in [-0.05, 0) is 18.2 Å². The number of ketones is 1. The summed E-state index contributed by atoms with van der Waals surface area (Å²) in [4.78, 5) is 24.9. The highest BCUT2D eigenvalue weighted by Gasteiger charge is 2.35. The molecule has 1 N–H and O–H groups in total. The fraction of sp³-hybridized carbons (Fsp3) is 0.333. The van der Waals surface area contributed by atoms with Crippen LogP contribution in [0.1, 0.15) is 10.4 Å². The number of rotatable bonds is 5. The van der Waals surface area contributed by atoms with Crippen LogP contribution in [0.3, 0.4) is 0 Å². The van der Waals surface area contributed by atoms with Gasteiger partial charge in [-0.1, -0.05) is 15.9 Å². The summed E-state index contributed by atoms with van der Waals surface area (Å²) in [5.41, 5.74) is 1.03. The maximum absolute atomic E-state index is 11.8. The van der Waals surface area contributed by atoms with E-state index >= 15 is 0 Å². The Balaban J connectivity index is 2.14. The van der Waals surface area contributed by atoms with Gasteiger partial charge in [-0.25, -0.2) is 0 Å². The Labute approximate surface area is 112 Å². The number of fused-ring (bicyclic) bond motifs is 1. The molecular weight excluding hydrogens is 302 g/mol. The largest absolute Gasteiger partial charge is 0.394 e. The number of benzene rings is 1. The second kappa shape index (κ2) is 5.60. The van der Waals surface area contributed by atoms with Crippen LogP contribution in [-0.4, -0.2) is 43.2 Å². The SMILES string of the molecule is O=C1C(=O)N(CCOCCO)c2cc(Br)ccc21. The minimum atomic E-state index is -0.532. The third-order valence-electron chi connectivity index (χ3n) is 2.63. The van der Waals surface area contributed by atoms with Crippen molar-refractivity contribution in [3.05, 3.63) is 28.2 Å². The summed E-state index contributed by atoms with van der Waals surface area (Å²) in [7, 11) is 0. The lowest BCUT2D eigenvalue weighted by Gasteiger charge is -2.16. The molecule has 1 amide bonds. The van der Waals surface area contributed by atoms with Gasteiger partial charge in [-0.3, -0.25) is 9.59 Å². The van der Waals surface area contributed by atoms with E-state index in [0.29, 0.717) is 17.8 Å². The van der Waals surface area contributed by atoms with Crippen LogP contribution in [0.2, 0.25) is 0 Å². The third-order valence-corrected chi connectivity index (χ3v) is 3.12. The molecule has 6 heteroatoms. The van der Waals surface area contributed by atoms with Crippen LogP contribution in [0, 0.1) is 0 Å². The Kier molecular flexibility index (Phi) is 4.11. The molecule has 0 spiro atoms. The standard InChI is InChI=1S/C12H12BrNO4/c13-8-1-2-9-10(7-8)14(12(17)11(9)16)3-5-18-6-4-15/h1-2,7,15H,3-6H2. The maximum Gasteiger partial charge on any atom is 0.299 e. The lowest BCUT2D eigenvalue weighted by Crippen LogP contribution is -2.33. The molecule has 18 heavy (non-hydrogen) atoms. The Bertz CT molecular complexity index is 489. The average Bonchev–Trinajstić information content (AvgIpc) is 2.59. The van der Waals surface area contributed by atoms with Crippen molar-refractivity contribution in [2.24, 2.45) is 0 Å². The van der Waals surface area contributed by atoms with Crippen molar-refractivity contribution in [2.45, 2.75) is 0 Å². The van der Waals surface area contributed by atoms with E-state index in [1.807, 2.05) is 0 Å². The van der Waals surface area contributed by atoms with E-state index in [4.69, 9.17) is 9.84 Å². The van der Waals surface area contributed by atoms with Crippen LogP contribution in [0.15, 0.2) is 22.7 Å². The lowest BCUT2D eigenvalue weighted by atomic mass is 10.1. The van der Waals surface area contributed by atoms with Crippen LogP contribution in [0.25, 0.3) is 0 Å². The molecule has 1 aromatic carbocycles. The van der Waals surface area contributed by atoms with E-state index in [0.717, 1.165) is 4.47 Å². The van der Waals surface area contributed by atoms with Gasteiger partial charge in [0.15, 0.2) is 0 Å². The summed E-state index contributed by atoms with van der Waals surface area (Å²) in [5.74, 6) is -1.02. The van der Waals surface area contributed by atoms with Crippen molar-refractivity contribution in [3.8, 4) is 0 Å². The predicted octanol–water partition coefficient (Wildman–Crippen LogP) is 0.987. The first-order valence-electron chi connectivity index (χ1n) is 5.49. The predicted molar refractivity (Wildman–Crippen MR) is 68.7 cm³/mol. The number of anilines is 1. The van der Waals surface area contributed by atoms with Crippen LogP contribution < -0.4 is 4.90 Å². The van der Waals surface area contributed by atoms with E-state index in [1.54, 1.807) is 18.2 Å². The molecule has 1 heterocycles. The van der Waals surface area contributed by atoms with Crippen molar-refractivity contribution in [1.29, 1.82) is 0 Å². The number of ether oxygens (including phenoxy) is 1. The molecule has 0 atom stereocenters. The zero-order valence-electron chi connectivity index (χ0n) is 9.56. The fourth-order valence-corrected chi connectivity index (χ4v) is 2.16. The summed E-state index contributed by atoms with van der Waals surface area (Å²) in [6.45, 7) is 0.746. The van der Waals surface area contributed by atoms with Crippen LogP contribution in [0.5, 0.6) is 0 Å². The van der Waals surface area contributed by atoms with Crippen LogP contribution in [0.4, 0.5) is 5.69 Å². The highest BCUT2D eigenvalue weighted by Crippen LogP contribution is 2.31. The highest BCUT2D eigenvalue weighted by molar-refractivity contribution is 9.10. The number of Topliss-reactive ketones (excluding diaryl/α,β-unsaturated/α-hetero) is 1. The minimum absolute atomic E-state index is 0.0605. The van der Waals surface area contributed by atoms with Crippen molar-refractivity contribution in [1.82, 2.24) is 0 Å². The summed E-state index contributed by atoms with van der Waals surface area (Å²) in [5, 5.41) is 8.58. The van der Waals surface area contributed by atoms with Gasteiger partial charge in [0.2, 0.25) is 0 Å². The van der Waals surface area contributed by atoms with Gasteiger partial charge in [-0.2, -0.15) is 0 Å². The molecule has 1 aliphatic rings. The van der Waals surface area contributed by atoms with Gasteiger partial charge in [0, 0.05) is 11.0 Å². The molecule has 0 fully saturated rings. The molecule has 5 nitrogen and oxygen atoms in total. The smallest absolute Gasteiger partial charge is 0.299 e. The van der Waals surface area contributed by atoms with Gasteiger partial charge in [-0.15, -0.1) is 0 Å². The topological polar surface area (TPSA) is 66.8 Å². The Morgan fingerprint density at radius 3 is 2.78 bits per heavy atom. The van der Waals surface area contributed by atoms with Gasteiger partial charge in [0.1, 0.15) is 0 Å². The first-order chi connectivity index (χ1) is 8.65. The van der Waals surface area contributed by atoms with E-state index in [-0.39, 0.29) is 19.8 Å². The summed E-state index contributed by atoms with van der Waals surface area (Å²) in [6, 6.07) is 5.11. The summed E-state index contributed by atoms with van der Waals surface area (Å²) >= 11 is 3.31. The van der Waals surface area contributed by atoms with Crippen LogP contribution >= 0.6 is 15.9 Å². The van der Waals surface area contributed by atoms with Gasteiger partial charge in [0.25, 0.3) is 11.7 Å². The summed E-state index contributed by atoms with van der Waals surface area (Å²) in [6.07, 6.45) is 0. The quantitative estimate of drug-likeness (QED) is 0.650. The number of halogens is 1. The second-order valence-corrected chi connectivity index (χ2v) is 4.70. The molecular formula is C12H12BrNO4. The fourth-order valence-electron chi connectivity index (χ4n) is 1.81. The van der Waals surface area contributed by atoms with E-state index in [9.17, 15) is 9.59 Å². The number of hydrogen-bond donors (Lipinski definition) is 1. The molecule has 0 radical (unpaired) electrons. The van der Waals surface area contributed by atoms with Gasteiger partial charge < -0.3 is 14.7 Å². The Hall–Kier alpha value is -1.24. The zero-order chi connectivity index (χ0) is 13.1. The van der Waals surface area contributed by atoms with Crippen molar-refractivity contribution < 1.29 is 19.4 Å². The maximum atomic E-state index is 11.8. The molecule has 0 aliphatic carbocycles. The number of hydrogen-bond acceptors (Lipinski definition) is 4. The van der Waals surface area contributed by atoms with Crippen molar-refractivity contribution in [3.63, 3.8) is 0 Å². The number of carbonyl (C=O) groups excluding carboxylic acids is 2. The molecule has 0 saturated carbocycles. The highest BCUT2D eigenvalue weighted by atomic mass is 79.9. The van der Waals surface area contributed by atoms with Gasteiger partial charge in [0.05, 0.1) is 31.1 Å². The van der Waals surface area contributed by atoms with Gasteiger partial charge >= 0.3 is 0 Å². The minimum Gasteiger partial charge on any atom is -0.394 e. The Morgan fingerprint density at radius 2 is 2.06 bits per heavy atom. The molecule has 1 aromatic rings. The number of nitrogens with zero attached hydrogens (tertiary/aromatic N) is 1. The first-order valence-corrected chi connectivity index (χ1v) is 6.29. The number of amides is 1. The van der Waals surface area contributed by atoms with E-state index in [1.165, 1.54) is 4.90 Å². The second-order valence-electron chi connectivity index (χ2n) is 3.78. The summed E-state index contributed by atoms with van der Waals surface area (Å²) < 4.78 is 5.92. The van der Waals surface area contributed by atoms with E-state index < -0.39 is 11.7 Å². The number of carbonyl (C=O) groups is 2.